The normalized spacial score (nSPS) is 11.3. The smallest absolute Gasteiger partial charge is 0.0465 e. The second kappa shape index (κ2) is 4.76. The lowest BCUT2D eigenvalue weighted by Crippen LogP contribution is -1.77. The van der Waals surface area contributed by atoms with Crippen LogP contribution in [0, 0.1) is 0 Å². The van der Waals surface area contributed by atoms with Gasteiger partial charge >= 0.3 is 0 Å². The number of aliphatic hydroxyl groups is 1. The molecule has 0 saturated heterocycles. The summed E-state index contributed by atoms with van der Waals surface area (Å²) < 4.78 is 0. The summed E-state index contributed by atoms with van der Waals surface area (Å²) in [4.78, 5) is 0. The van der Waals surface area contributed by atoms with Gasteiger partial charge in [-0.3, -0.25) is 0 Å². The van der Waals surface area contributed by atoms with Crippen molar-refractivity contribution >= 4 is 16.8 Å². The van der Waals surface area contributed by atoms with Crippen LogP contribution in [0.2, 0.25) is 0 Å². The fraction of sp³-hybridized carbons (Fsp3) is 0.143. The fourth-order valence-corrected chi connectivity index (χ4v) is 1.61. The van der Waals surface area contributed by atoms with Crippen molar-refractivity contribution in [1.82, 2.24) is 0 Å². The van der Waals surface area contributed by atoms with E-state index in [1.165, 1.54) is 16.3 Å². The molecule has 76 valence electrons. The molecule has 1 nitrogen and oxygen atoms in total. The summed E-state index contributed by atoms with van der Waals surface area (Å²) in [5, 5.41) is 11.2. The van der Waals surface area contributed by atoms with Crippen LogP contribution in [0.4, 0.5) is 0 Å². The van der Waals surface area contributed by atoms with Crippen LogP contribution in [0.3, 0.4) is 0 Å². The number of fused-ring (bicyclic) bond motifs is 1. The first-order chi connectivity index (χ1) is 7.40. The zero-order chi connectivity index (χ0) is 10.5. The lowest BCUT2D eigenvalue weighted by atomic mass is 10.1. The Morgan fingerprint density at radius 1 is 1.00 bits per heavy atom. The molecule has 15 heavy (non-hydrogen) atoms. The van der Waals surface area contributed by atoms with Crippen LogP contribution in [-0.4, -0.2) is 11.7 Å². The third kappa shape index (κ3) is 2.45. The molecule has 0 amide bonds. The number of hydrogen-bond acceptors (Lipinski definition) is 1. The number of aliphatic hydroxyl groups excluding tert-OH is 1. The van der Waals surface area contributed by atoms with E-state index in [-0.39, 0.29) is 6.61 Å². The monoisotopic (exact) mass is 198 g/mol. The molecule has 0 aliphatic carbocycles. The van der Waals surface area contributed by atoms with E-state index < -0.39 is 0 Å². The van der Waals surface area contributed by atoms with Crippen molar-refractivity contribution in [2.45, 2.75) is 6.42 Å². The van der Waals surface area contributed by atoms with Crippen LogP contribution in [-0.2, 0) is 0 Å². The average molecular weight is 198 g/mol. The summed E-state index contributed by atoms with van der Waals surface area (Å²) >= 11 is 0. The van der Waals surface area contributed by atoms with Crippen molar-refractivity contribution in [1.29, 1.82) is 0 Å². The Hall–Kier alpha value is -1.60. The van der Waals surface area contributed by atoms with E-state index in [4.69, 9.17) is 5.11 Å². The van der Waals surface area contributed by atoms with Crippen LogP contribution in [0.15, 0.2) is 48.5 Å². The van der Waals surface area contributed by atoms with Crippen LogP contribution < -0.4 is 0 Å². The first kappa shape index (κ1) is 9.94. The molecule has 0 aliphatic heterocycles. The van der Waals surface area contributed by atoms with E-state index in [0.717, 1.165) is 0 Å². The van der Waals surface area contributed by atoms with E-state index in [1.807, 2.05) is 24.3 Å². The Kier molecular flexibility index (Phi) is 3.15. The maximum Gasteiger partial charge on any atom is 0.0465 e. The standard InChI is InChI=1S/C14H14O/c15-10-4-3-5-12-8-9-13-6-1-2-7-14(13)11-12/h1-3,5-9,11,15H,4,10H2. The second-order valence-electron chi connectivity index (χ2n) is 3.52. The SMILES string of the molecule is OCCC=Cc1ccc2ccccc2c1. The topological polar surface area (TPSA) is 20.2 Å². The molecule has 0 spiro atoms. The van der Waals surface area contributed by atoms with Crippen molar-refractivity contribution < 1.29 is 5.11 Å². The zero-order valence-corrected chi connectivity index (χ0v) is 8.56. The summed E-state index contributed by atoms with van der Waals surface area (Å²) in [6.45, 7) is 0.212. The molecule has 0 fully saturated rings. The Morgan fingerprint density at radius 3 is 2.60 bits per heavy atom. The van der Waals surface area contributed by atoms with Gasteiger partial charge in [0.15, 0.2) is 0 Å². The maximum atomic E-state index is 8.66. The van der Waals surface area contributed by atoms with Gasteiger partial charge in [0.05, 0.1) is 0 Å². The van der Waals surface area contributed by atoms with Gasteiger partial charge in [-0.15, -0.1) is 0 Å². The van der Waals surface area contributed by atoms with E-state index in [0.29, 0.717) is 6.42 Å². The quantitative estimate of drug-likeness (QED) is 0.802. The minimum absolute atomic E-state index is 0.212. The van der Waals surface area contributed by atoms with Crippen LogP contribution in [0.25, 0.3) is 16.8 Å². The molecule has 0 aromatic heterocycles. The molecule has 1 N–H and O–H groups in total. The molecule has 0 atom stereocenters. The summed E-state index contributed by atoms with van der Waals surface area (Å²) in [6.07, 6.45) is 4.75. The minimum atomic E-state index is 0.212. The average Bonchev–Trinajstić information content (AvgIpc) is 2.29. The molecule has 2 rings (SSSR count). The van der Waals surface area contributed by atoms with E-state index in [1.54, 1.807) is 0 Å². The van der Waals surface area contributed by atoms with Crippen LogP contribution in [0.5, 0.6) is 0 Å². The van der Waals surface area contributed by atoms with Crippen molar-refractivity contribution in [2.24, 2.45) is 0 Å². The fourth-order valence-electron chi connectivity index (χ4n) is 1.61. The Morgan fingerprint density at radius 2 is 1.80 bits per heavy atom. The summed E-state index contributed by atoms with van der Waals surface area (Å²) in [6, 6.07) is 14.7. The van der Waals surface area contributed by atoms with Crippen molar-refractivity contribution in [3.8, 4) is 0 Å². The van der Waals surface area contributed by atoms with E-state index >= 15 is 0 Å². The van der Waals surface area contributed by atoms with Gasteiger partial charge in [0, 0.05) is 6.61 Å². The van der Waals surface area contributed by atoms with Crippen molar-refractivity contribution in [3.63, 3.8) is 0 Å². The first-order valence-electron chi connectivity index (χ1n) is 5.16. The zero-order valence-electron chi connectivity index (χ0n) is 8.56. The predicted octanol–water partition coefficient (Wildman–Crippen LogP) is 3.24. The second-order valence-corrected chi connectivity index (χ2v) is 3.52. The largest absolute Gasteiger partial charge is 0.396 e. The highest BCUT2D eigenvalue weighted by molar-refractivity contribution is 5.84. The van der Waals surface area contributed by atoms with Gasteiger partial charge in [0.1, 0.15) is 0 Å². The van der Waals surface area contributed by atoms with Crippen molar-refractivity contribution in [3.05, 3.63) is 54.1 Å². The summed E-state index contributed by atoms with van der Waals surface area (Å²) in [7, 11) is 0. The van der Waals surface area contributed by atoms with Gasteiger partial charge in [0.25, 0.3) is 0 Å². The highest BCUT2D eigenvalue weighted by atomic mass is 16.2. The molecule has 2 aromatic rings. The van der Waals surface area contributed by atoms with Crippen molar-refractivity contribution in [2.75, 3.05) is 6.61 Å². The number of benzene rings is 2. The van der Waals surface area contributed by atoms with Gasteiger partial charge in [-0.05, 0) is 28.8 Å². The Labute approximate surface area is 89.7 Å². The molecular formula is C14H14O. The lowest BCUT2D eigenvalue weighted by molar-refractivity contribution is 0.303. The number of rotatable bonds is 3. The molecule has 0 saturated carbocycles. The predicted molar refractivity (Wildman–Crippen MR) is 64.7 cm³/mol. The van der Waals surface area contributed by atoms with Gasteiger partial charge in [-0.2, -0.15) is 0 Å². The first-order valence-corrected chi connectivity index (χ1v) is 5.16. The Bertz CT molecular complexity index is 471. The molecule has 1 heteroatoms. The highest BCUT2D eigenvalue weighted by Gasteiger charge is 1.92. The number of hydrogen-bond donors (Lipinski definition) is 1. The highest BCUT2D eigenvalue weighted by Crippen LogP contribution is 2.16. The van der Waals surface area contributed by atoms with E-state index in [2.05, 4.69) is 30.3 Å². The maximum absolute atomic E-state index is 8.66. The third-order valence-corrected chi connectivity index (χ3v) is 2.38. The molecular weight excluding hydrogens is 184 g/mol. The van der Waals surface area contributed by atoms with Crippen LogP contribution >= 0.6 is 0 Å². The van der Waals surface area contributed by atoms with Crippen LogP contribution in [0.1, 0.15) is 12.0 Å². The van der Waals surface area contributed by atoms with Gasteiger partial charge < -0.3 is 5.11 Å². The minimum Gasteiger partial charge on any atom is -0.396 e. The molecule has 0 heterocycles. The molecule has 2 aromatic carbocycles. The molecule has 0 aliphatic rings. The molecule has 0 unspecified atom stereocenters. The molecule has 0 radical (unpaired) electrons. The Balaban J connectivity index is 2.30. The third-order valence-electron chi connectivity index (χ3n) is 2.38. The van der Waals surface area contributed by atoms with Gasteiger partial charge in [0.2, 0.25) is 0 Å². The van der Waals surface area contributed by atoms with E-state index in [9.17, 15) is 0 Å². The summed E-state index contributed by atoms with van der Waals surface area (Å²) in [5.41, 5.74) is 1.18. The van der Waals surface area contributed by atoms with Gasteiger partial charge in [-0.25, -0.2) is 0 Å². The molecule has 0 bridgehead atoms. The summed E-state index contributed by atoms with van der Waals surface area (Å²) in [5.74, 6) is 0. The van der Waals surface area contributed by atoms with Gasteiger partial charge in [-0.1, -0.05) is 48.6 Å². The lowest BCUT2D eigenvalue weighted by Gasteiger charge is -1.98.